The molecule has 3 aromatic rings. The third kappa shape index (κ3) is 1.75. The maximum atomic E-state index is 10.4. The van der Waals surface area contributed by atoms with E-state index in [0.717, 1.165) is 16.6 Å². The molecule has 3 rings (SSSR count). The summed E-state index contributed by atoms with van der Waals surface area (Å²) in [5, 5.41) is 11.5. The van der Waals surface area contributed by atoms with Crippen LogP contribution >= 0.6 is 11.6 Å². The number of hydrogen-bond donors (Lipinski definition) is 2. The van der Waals surface area contributed by atoms with Crippen LogP contribution in [0.4, 0.5) is 0 Å². The lowest BCUT2D eigenvalue weighted by molar-refractivity contribution is -0.352. The van der Waals surface area contributed by atoms with Gasteiger partial charge in [0.25, 0.3) is 0 Å². The predicted molar refractivity (Wildman–Crippen MR) is 68.2 cm³/mol. The summed E-state index contributed by atoms with van der Waals surface area (Å²) in [6.07, 6.45) is 2.53. The summed E-state index contributed by atoms with van der Waals surface area (Å²) in [5.41, 5.74) is 2.28. The highest BCUT2D eigenvalue weighted by molar-refractivity contribution is 6.34. The fourth-order valence-corrected chi connectivity index (χ4v) is 2.28. The van der Waals surface area contributed by atoms with E-state index in [-0.39, 0.29) is 0 Å². The first-order valence-electron chi connectivity index (χ1n) is 5.53. The molecule has 0 aliphatic heterocycles. The van der Waals surface area contributed by atoms with Gasteiger partial charge in [-0.2, -0.15) is 0 Å². The molecule has 0 aliphatic carbocycles. The van der Waals surface area contributed by atoms with Gasteiger partial charge < -0.3 is 5.11 Å². The molecule has 4 nitrogen and oxygen atoms in total. The molecule has 0 radical (unpaired) electrons. The van der Waals surface area contributed by atoms with Crippen LogP contribution in [-0.2, 0) is 0 Å². The van der Waals surface area contributed by atoms with Crippen LogP contribution < -0.4 is 4.98 Å². The van der Waals surface area contributed by atoms with Gasteiger partial charge in [0.05, 0.1) is 6.20 Å². The molecule has 90 valence electrons. The van der Waals surface area contributed by atoms with E-state index >= 15 is 0 Å². The highest BCUT2D eigenvalue weighted by Gasteiger charge is 2.21. The summed E-state index contributed by atoms with van der Waals surface area (Å²) in [6, 6.07) is 9.43. The number of rotatable bonds is 2. The van der Waals surface area contributed by atoms with Crippen molar-refractivity contribution < 1.29 is 10.1 Å². The molecule has 0 amide bonds. The summed E-state index contributed by atoms with van der Waals surface area (Å²) in [5.74, 6) is 0. The first-order valence-corrected chi connectivity index (χ1v) is 5.91. The van der Waals surface area contributed by atoms with Crippen LogP contribution in [0.5, 0.6) is 0 Å². The van der Waals surface area contributed by atoms with E-state index < -0.39 is 6.10 Å². The molecule has 3 N–H and O–H groups in total. The lowest BCUT2D eigenvalue weighted by atomic mass is 10.0. The smallest absolute Gasteiger partial charge is 0.235 e. The predicted octanol–water partition coefficient (Wildman–Crippen LogP) is 2.11. The number of nitrogens with one attached hydrogen (secondary N) is 2. The van der Waals surface area contributed by atoms with Gasteiger partial charge in [0.15, 0.2) is 0 Å². The van der Waals surface area contributed by atoms with E-state index in [4.69, 9.17) is 11.6 Å². The second-order valence-corrected chi connectivity index (χ2v) is 4.36. The van der Waals surface area contributed by atoms with Gasteiger partial charge >= 0.3 is 0 Å². The molecule has 0 saturated heterocycles. The van der Waals surface area contributed by atoms with E-state index in [1.165, 1.54) is 6.33 Å². The van der Waals surface area contributed by atoms with Gasteiger partial charge in [-0.05, 0) is 17.2 Å². The molecule has 1 unspecified atom stereocenters. The molecule has 2 heterocycles. The summed E-state index contributed by atoms with van der Waals surface area (Å²) in [6.45, 7) is 0. The average molecular weight is 261 g/mol. The minimum Gasteiger partial charge on any atom is -0.384 e. The van der Waals surface area contributed by atoms with Crippen LogP contribution in [0.3, 0.4) is 0 Å². The van der Waals surface area contributed by atoms with E-state index in [9.17, 15) is 5.11 Å². The SMILES string of the molecule is OC(c1ccccc1)c1c[nH]c2[nH+]cnc(Cl)c12. The van der Waals surface area contributed by atoms with Crippen LogP contribution in [0.1, 0.15) is 17.2 Å². The topological polar surface area (TPSA) is 63.0 Å². The Hall–Kier alpha value is -1.91. The van der Waals surface area contributed by atoms with Gasteiger partial charge in [-0.15, -0.1) is 0 Å². The van der Waals surface area contributed by atoms with Crippen LogP contribution in [-0.4, -0.2) is 15.1 Å². The lowest BCUT2D eigenvalue weighted by Crippen LogP contribution is -2.05. The van der Waals surface area contributed by atoms with Crippen molar-refractivity contribution in [2.45, 2.75) is 6.10 Å². The van der Waals surface area contributed by atoms with Crippen molar-refractivity contribution in [2.75, 3.05) is 0 Å². The second-order valence-electron chi connectivity index (χ2n) is 4.00. The van der Waals surface area contributed by atoms with E-state index in [1.54, 1.807) is 6.20 Å². The van der Waals surface area contributed by atoms with Gasteiger partial charge in [0.1, 0.15) is 11.5 Å². The Morgan fingerprint density at radius 3 is 2.83 bits per heavy atom. The van der Waals surface area contributed by atoms with Gasteiger partial charge in [-0.1, -0.05) is 35.3 Å². The molecule has 0 aliphatic rings. The fraction of sp³-hybridized carbons (Fsp3) is 0.0769. The van der Waals surface area contributed by atoms with Gasteiger partial charge in [-0.25, -0.2) is 4.98 Å². The molecule has 1 atom stereocenters. The van der Waals surface area contributed by atoms with Crippen LogP contribution in [0.15, 0.2) is 42.9 Å². The largest absolute Gasteiger partial charge is 0.384 e. The standard InChI is InChI=1S/C13H10ClN3O/c14-12-10-9(6-15-13(10)17-7-16-12)11(18)8-4-2-1-3-5-8/h1-7,11,18H,(H,15,16,17)/p+1. The molecule has 5 heteroatoms. The molecule has 18 heavy (non-hydrogen) atoms. The van der Waals surface area contributed by atoms with Gasteiger partial charge in [0.2, 0.25) is 17.1 Å². The minimum atomic E-state index is -0.727. The average Bonchev–Trinajstić information content (AvgIpc) is 2.84. The highest BCUT2D eigenvalue weighted by atomic mass is 35.5. The first-order chi connectivity index (χ1) is 8.77. The molecule has 0 bridgehead atoms. The number of aromatic nitrogens is 3. The van der Waals surface area contributed by atoms with Crippen molar-refractivity contribution in [3.05, 3.63) is 59.1 Å². The number of H-pyrrole nitrogens is 2. The normalized spacial score (nSPS) is 12.8. The molecule has 0 saturated carbocycles. The summed E-state index contributed by atoms with van der Waals surface area (Å²) >= 11 is 6.07. The Morgan fingerprint density at radius 2 is 2.06 bits per heavy atom. The number of aliphatic hydroxyl groups is 1. The van der Waals surface area contributed by atoms with Crippen LogP contribution in [0, 0.1) is 0 Å². The second kappa shape index (κ2) is 4.40. The van der Waals surface area contributed by atoms with E-state index in [1.807, 2.05) is 30.3 Å². The van der Waals surface area contributed by atoms with Crippen LogP contribution in [0.25, 0.3) is 11.0 Å². The Kier molecular flexibility index (Phi) is 2.74. The summed E-state index contributed by atoms with van der Waals surface area (Å²) < 4.78 is 0. The van der Waals surface area contributed by atoms with Crippen molar-refractivity contribution in [3.8, 4) is 0 Å². The Bertz CT molecular complexity index is 681. The fourth-order valence-electron chi connectivity index (χ4n) is 2.02. The maximum absolute atomic E-state index is 10.4. The Labute approximate surface area is 108 Å². The quantitative estimate of drug-likeness (QED) is 0.693. The number of aromatic amines is 2. The van der Waals surface area contributed by atoms with Gasteiger partial charge in [0, 0.05) is 5.56 Å². The van der Waals surface area contributed by atoms with Crippen molar-refractivity contribution in [2.24, 2.45) is 0 Å². The summed E-state index contributed by atoms with van der Waals surface area (Å²) in [7, 11) is 0. The van der Waals surface area contributed by atoms with E-state index in [2.05, 4.69) is 15.0 Å². The van der Waals surface area contributed by atoms with Gasteiger partial charge in [-0.3, -0.25) is 4.98 Å². The zero-order chi connectivity index (χ0) is 12.5. The Balaban J connectivity index is 2.15. The monoisotopic (exact) mass is 260 g/mol. The number of fused-ring (bicyclic) bond motifs is 1. The highest BCUT2D eigenvalue weighted by Crippen LogP contribution is 2.30. The molecular weight excluding hydrogens is 250 g/mol. The lowest BCUT2D eigenvalue weighted by Gasteiger charge is -2.08. The number of nitrogens with zero attached hydrogens (tertiary/aromatic N) is 1. The number of hydrogen-bond acceptors (Lipinski definition) is 2. The molecular formula is C13H11ClN3O+. The maximum Gasteiger partial charge on any atom is 0.235 e. The Morgan fingerprint density at radius 1 is 1.28 bits per heavy atom. The third-order valence-electron chi connectivity index (χ3n) is 2.91. The van der Waals surface area contributed by atoms with Crippen LogP contribution in [0.2, 0.25) is 5.15 Å². The summed E-state index contributed by atoms with van der Waals surface area (Å²) in [4.78, 5) is 9.99. The first kappa shape index (κ1) is 11.2. The van der Waals surface area contributed by atoms with Crippen molar-refractivity contribution in [3.63, 3.8) is 0 Å². The third-order valence-corrected chi connectivity index (χ3v) is 3.20. The van der Waals surface area contributed by atoms with Crippen molar-refractivity contribution in [1.29, 1.82) is 0 Å². The number of aliphatic hydroxyl groups excluding tert-OH is 1. The van der Waals surface area contributed by atoms with Crippen molar-refractivity contribution >= 4 is 22.6 Å². The number of benzene rings is 1. The molecule has 2 aromatic heterocycles. The molecule has 1 aromatic carbocycles. The zero-order valence-electron chi connectivity index (χ0n) is 9.39. The van der Waals surface area contributed by atoms with E-state index in [0.29, 0.717) is 10.7 Å². The molecule has 0 fully saturated rings. The van der Waals surface area contributed by atoms with Crippen molar-refractivity contribution in [1.82, 2.24) is 9.97 Å². The number of halogens is 1. The molecule has 0 spiro atoms. The zero-order valence-corrected chi connectivity index (χ0v) is 10.1. The minimum absolute atomic E-state index is 0.370.